The molecule has 1 aromatic heterocycles. The number of nitrogens with one attached hydrogen (secondary N) is 1. The van der Waals surface area contributed by atoms with Gasteiger partial charge in [0.05, 0.1) is 5.02 Å². The van der Waals surface area contributed by atoms with Crippen LogP contribution in [-0.4, -0.2) is 18.1 Å². The maximum absolute atomic E-state index is 13.3. The van der Waals surface area contributed by atoms with E-state index in [4.69, 9.17) is 11.6 Å². The van der Waals surface area contributed by atoms with Crippen LogP contribution in [0.15, 0.2) is 18.3 Å². The van der Waals surface area contributed by atoms with Crippen molar-refractivity contribution in [3.63, 3.8) is 0 Å². The van der Waals surface area contributed by atoms with Gasteiger partial charge in [0.15, 0.2) is 0 Å². The van der Waals surface area contributed by atoms with Gasteiger partial charge >= 0.3 is 0 Å². The molecule has 0 saturated heterocycles. The summed E-state index contributed by atoms with van der Waals surface area (Å²) in [5.74, 6) is -0.442. The summed E-state index contributed by atoms with van der Waals surface area (Å²) in [5, 5.41) is 3.64. The number of hydrogen-bond donors (Lipinski definition) is 1. The summed E-state index contributed by atoms with van der Waals surface area (Å²) in [5.41, 5.74) is 1.51. The zero-order valence-corrected chi connectivity index (χ0v) is 8.31. The first-order valence-corrected chi connectivity index (χ1v) is 4.86. The van der Waals surface area contributed by atoms with Crippen LogP contribution in [0.2, 0.25) is 5.02 Å². The molecule has 0 aromatic carbocycles. The van der Waals surface area contributed by atoms with Gasteiger partial charge in [0.1, 0.15) is 0 Å². The minimum absolute atomic E-state index is 0.442. The molecule has 2 rings (SSSR count). The highest BCUT2D eigenvalue weighted by atomic mass is 35.5. The lowest BCUT2D eigenvalue weighted by Crippen LogP contribution is -2.20. The first-order chi connectivity index (χ1) is 6.77. The minimum atomic E-state index is -0.442. The van der Waals surface area contributed by atoms with E-state index in [1.807, 2.05) is 6.08 Å². The van der Waals surface area contributed by atoms with Gasteiger partial charge in [-0.2, -0.15) is 4.39 Å². The Balaban J connectivity index is 2.39. The van der Waals surface area contributed by atoms with Crippen LogP contribution in [0.3, 0.4) is 0 Å². The minimum Gasteiger partial charge on any atom is -0.313 e. The van der Waals surface area contributed by atoms with Gasteiger partial charge in [-0.3, -0.25) is 0 Å². The zero-order chi connectivity index (χ0) is 9.97. The second-order valence-electron chi connectivity index (χ2n) is 3.18. The fourth-order valence-electron chi connectivity index (χ4n) is 1.51. The Morgan fingerprint density at radius 1 is 1.50 bits per heavy atom. The first-order valence-electron chi connectivity index (χ1n) is 4.48. The summed E-state index contributed by atoms with van der Waals surface area (Å²) in [6, 6.07) is 1.63. The van der Waals surface area contributed by atoms with Crippen molar-refractivity contribution in [2.45, 2.75) is 6.42 Å². The van der Waals surface area contributed by atoms with Crippen molar-refractivity contribution >= 4 is 17.2 Å². The first kappa shape index (κ1) is 9.62. The van der Waals surface area contributed by atoms with Crippen molar-refractivity contribution in [2.24, 2.45) is 0 Å². The second-order valence-corrected chi connectivity index (χ2v) is 3.61. The summed E-state index contributed by atoms with van der Waals surface area (Å²) >= 11 is 5.76. The molecule has 2 heterocycles. The SMILES string of the molecule is Fc1ncc(Cl)cc1C1=CCNCC1. The molecule has 1 aromatic rings. The molecule has 2 nitrogen and oxygen atoms in total. The van der Waals surface area contributed by atoms with E-state index in [0.717, 1.165) is 25.1 Å². The van der Waals surface area contributed by atoms with Crippen molar-refractivity contribution in [3.05, 3.63) is 34.9 Å². The van der Waals surface area contributed by atoms with Crippen LogP contribution in [0.5, 0.6) is 0 Å². The Kier molecular flexibility index (Phi) is 2.79. The Bertz CT molecular complexity index is 376. The smallest absolute Gasteiger partial charge is 0.220 e. The van der Waals surface area contributed by atoms with E-state index in [2.05, 4.69) is 10.3 Å². The molecule has 0 fully saturated rings. The molecule has 0 unspecified atom stereocenters. The summed E-state index contributed by atoms with van der Waals surface area (Å²) in [6.45, 7) is 1.65. The molecule has 1 N–H and O–H groups in total. The molecule has 0 radical (unpaired) electrons. The fourth-order valence-corrected chi connectivity index (χ4v) is 1.67. The molecule has 0 atom stereocenters. The van der Waals surface area contributed by atoms with Gasteiger partial charge in [0, 0.05) is 18.3 Å². The van der Waals surface area contributed by atoms with E-state index < -0.39 is 5.95 Å². The van der Waals surface area contributed by atoms with Crippen molar-refractivity contribution in [3.8, 4) is 0 Å². The molecule has 1 aliphatic rings. The van der Waals surface area contributed by atoms with Gasteiger partial charge in [-0.05, 0) is 24.6 Å². The molecule has 14 heavy (non-hydrogen) atoms. The van der Waals surface area contributed by atoms with Crippen LogP contribution in [0, 0.1) is 5.95 Å². The van der Waals surface area contributed by atoms with Crippen molar-refractivity contribution in [1.29, 1.82) is 0 Å². The third-order valence-electron chi connectivity index (χ3n) is 2.22. The van der Waals surface area contributed by atoms with Crippen LogP contribution in [0.4, 0.5) is 4.39 Å². The molecule has 74 valence electrons. The Labute approximate surface area is 86.8 Å². The predicted octanol–water partition coefficient (Wildman–Crippen LogP) is 2.25. The molecule has 0 aliphatic carbocycles. The standard InChI is InChI=1S/C10H10ClFN2/c11-8-5-9(10(12)14-6-8)7-1-3-13-4-2-7/h1,5-6,13H,2-4H2. The molecule has 4 heteroatoms. The molecule has 0 amide bonds. The van der Waals surface area contributed by atoms with Gasteiger partial charge in [-0.25, -0.2) is 4.98 Å². The van der Waals surface area contributed by atoms with E-state index in [9.17, 15) is 4.39 Å². The highest BCUT2D eigenvalue weighted by molar-refractivity contribution is 6.30. The van der Waals surface area contributed by atoms with Crippen LogP contribution in [-0.2, 0) is 0 Å². The van der Waals surface area contributed by atoms with Gasteiger partial charge < -0.3 is 5.32 Å². The highest BCUT2D eigenvalue weighted by Gasteiger charge is 2.11. The van der Waals surface area contributed by atoms with E-state index in [-0.39, 0.29) is 0 Å². The molecule has 0 saturated carbocycles. The molecular weight excluding hydrogens is 203 g/mol. The number of halogens is 2. The lowest BCUT2D eigenvalue weighted by atomic mass is 10.0. The third kappa shape index (κ3) is 1.94. The van der Waals surface area contributed by atoms with E-state index in [1.54, 1.807) is 6.07 Å². The summed E-state index contributed by atoms with van der Waals surface area (Å²) < 4.78 is 13.3. The Morgan fingerprint density at radius 2 is 2.36 bits per heavy atom. The molecular formula is C10H10ClFN2. The summed E-state index contributed by atoms with van der Waals surface area (Å²) in [6.07, 6.45) is 4.11. The average molecular weight is 213 g/mol. The van der Waals surface area contributed by atoms with Crippen molar-refractivity contribution in [1.82, 2.24) is 10.3 Å². The summed E-state index contributed by atoms with van der Waals surface area (Å²) in [4.78, 5) is 3.59. The van der Waals surface area contributed by atoms with Gasteiger partial charge in [-0.15, -0.1) is 0 Å². The quantitative estimate of drug-likeness (QED) is 0.723. The van der Waals surface area contributed by atoms with Crippen LogP contribution >= 0.6 is 11.6 Å². The van der Waals surface area contributed by atoms with Crippen molar-refractivity contribution in [2.75, 3.05) is 13.1 Å². The topological polar surface area (TPSA) is 24.9 Å². The predicted molar refractivity (Wildman–Crippen MR) is 54.7 cm³/mol. The van der Waals surface area contributed by atoms with Gasteiger partial charge in [-0.1, -0.05) is 17.7 Å². The van der Waals surface area contributed by atoms with E-state index in [1.165, 1.54) is 6.20 Å². The van der Waals surface area contributed by atoms with Crippen LogP contribution in [0.1, 0.15) is 12.0 Å². The number of nitrogens with zero attached hydrogens (tertiary/aromatic N) is 1. The largest absolute Gasteiger partial charge is 0.313 e. The number of pyridine rings is 1. The van der Waals surface area contributed by atoms with Gasteiger partial charge in [0.25, 0.3) is 0 Å². The van der Waals surface area contributed by atoms with E-state index >= 15 is 0 Å². The maximum atomic E-state index is 13.3. The lowest BCUT2D eigenvalue weighted by molar-refractivity contribution is 0.578. The second kappa shape index (κ2) is 4.07. The van der Waals surface area contributed by atoms with Gasteiger partial charge in [0.2, 0.25) is 5.95 Å². The number of hydrogen-bond acceptors (Lipinski definition) is 2. The fraction of sp³-hybridized carbons (Fsp3) is 0.300. The Morgan fingerprint density at radius 3 is 3.07 bits per heavy atom. The monoisotopic (exact) mass is 212 g/mol. The molecule has 0 spiro atoms. The van der Waals surface area contributed by atoms with E-state index in [0.29, 0.717) is 10.6 Å². The molecule has 1 aliphatic heterocycles. The van der Waals surface area contributed by atoms with Crippen LogP contribution < -0.4 is 5.32 Å². The highest BCUT2D eigenvalue weighted by Crippen LogP contribution is 2.23. The third-order valence-corrected chi connectivity index (χ3v) is 2.42. The lowest BCUT2D eigenvalue weighted by Gasteiger charge is -2.14. The normalized spacial score (nSPS) is 16.6. The average Bonchev–Trinajstić information content (AvgIpc) is 2.23. The number of aromatic nitrogens is 1. The summed E-state index contributed by atoms with van der Waals surface area (Å²) in [7, 11) is 0. The molecule has 0 bridgehead atoms. The maximum Gasteiger partial charge on any atom is 0.220 e. The van der Waals surface area contributed by atoms with Crippen molar-refractivity contribution < 1.29 is 4.39 Å². The van der Waals surface area contributed by atoms with Crippen LogP contribution in [0.25, 0.3) is 5.57 Å². The zero-order valence-electron chi connectivity index (χ0n) is 7.56. The Hall–Kier alpha value is -0.930. The number of rotatable bonds is 1.